The SMILES string of the molecule is Cc1cc(OCC(=O)NC(c2ccc(Cl)cc2)c2nccn2C)c(C(C)C)cc1Cl. The van der Waals surface area contributed by atoms with Gasteiger partial charge >= 0.3 is 0 Å². The van der Waals surface area contributed by atoms with Crippen molar-refractivity contribution in [2.24, 2.45) is 7.05 Å². The predicted octanol–water partition coefficient (Wildman–Crippen LogP) is 5.44. The lowest BCUT2D eigenvalue weighted by atomic mass is 10.0. The van der Waals surface area contributed by atoms with Crippen molar-refractivity contribution >= 4 is 29.1 Å². The Balaban J connectivity index is 1.78. The Morgan fingerprint density at radius 1 is 1.20 bits per heavy atom. The smallest absolute Gasteiger partial charge is 0.258 e. The molecule has 7 heteroatoms. The van der Waals surface area contributed by atoms with Crippen LogP contribution in [-0.2, 0) is 11.8 Å². The normalized spacial score (nSPS) is 12.1. The van der Waals surface area contributed by atoms with Gasteiger partial charge in [0.1, 0.15) is 17.6 Å². The summed E-state index contributed by atoms with van der Waals surface area (Å²) >= 11 is 12.3. The zero-order valence-electron chi connectivity index (χ0n) is 17.4. The van der Waals surface area contributed by atoms with E-state index in [0.717, 1.165) is 22.5 Å². The maximum atomic E-state index is 12.8. The molecule has 3 rings (SSSR count). The second kappa shape index (κ2) is 9.54. The van der Waals surface area contributed by atoms with Crippen LogP contribution >= 0.6 is 23.2 Å². The van der Waals surface area contributed by atoms with Crippen LogP contribution in [0.15, 0.2) is 48.8 Å². The van der Waals surface area contributed by atoms with Crippen LogP contribution in [0, 0.1) is 6.92 Å². The molecule has 0 aliphatic rings. The van der Waals surface area contributed by atoms with E-state index in [1.165, 1.54) is 0 Å². The zero-order valence-corrected chi connectivity index (χ0v) is 19.0. The Hall–Kier alpha value is -2.50. The minimum absolute atomic E-state index is 0.116. The summed E-state index contributed by atoms with van der Waals surface area (Å²) < 4.78 is 7.76. The van der Waals surface area contributed by atoms with Crippen LogP contribution in [0.2, 0.25) is 10.0 Å². The molecule has 2 aromatic carbocycles. The van der Waals surface area contributed by atoms with E-state index in [4.69, 9.17) is 27.9 Å². The number of aryl methyl sites for hydroxylation is 2. The van der Waals surface area contributed by atoms with E-state index in [-0.39, 0.29) is 18.4 Å². The molecule has 1 heterocycles. The molecule has 0 spiro atoms. The quantitative estimate of drug-likeness (QED) is 0.526. The van der Waals surface area contributed by atoms with Gasteiger partial charge in [0.15, 0.2) is 6.61 Å². The van der Waals surface area contributed by atoms with Crippen molar-refractivity contribution in [2.45, 2.75) is 32.7 Å². The van der Waals surface area contributed by atoms with Crippen molar-refractivity contribution in [1.29, 1.82) is 0 Å². The van der Waals surface area contributed by atoms with E-state index >= 15 is 0 Å². The molecule has 1 N–H and O–H groups in total. The third-order valence-electron chi connectivity index (χ3n) is 4.90. The Kier molecular flexibility index (Phi) is 7.06. The summed E-state index contributed by atoms with van der Waals surface area (Å²) in [6, 6.07) is 10.7. The first-order valence-corrected chi connectivity index (χ1v) is 10.5. The Bertz CT molecular complexity index is 1030. The van der Waals surface area contributed by atoms with Crippen LogP contribution in [-0.4, -0.2) is 22.1 Å². The van der Waals surface area contributed by atoms with Gasteiger partial charge in [-0.2, -0.15) is 0 Å². The average molecular weight is 446 g/mol. The molecule has 3 aromatic rings. The molecule has 1 amide bonds. The molecule has 0 aliphatic heterocycles. The van der Waals surface area contributed by atoms with Crippen LogP contribution < -0.4 is 10.1 Å². The number of hydrogen-bond acceptors (Lipinski definition) is 3. The van der Waals surface area contributed by atoms with Crippen LogP contribution in [0.1, 0.15) is 48.3 Å². The largest absolute Gasteiger partial charge is 0.483 e. The molecular weight excluding hydrogens is 421 g/mol. The summed E-state index contributed by atoms with van der Waals surface area (Å²) in [7, 11) is 1.89. The van der Waals surface area contributed by atoms with Gasteiger partial charge in [-0.15, -0.1) is 0 Å². The molecule has 0 bridgehead atoms. The highest BCUT2D eigenvalue weighted by Crippen LogP contribution is 2.32. The first kappa shape index (κ1) is 22.2. The Morgan fingerprint density at radius 2 is 1.90 bits per heavy atom. The summed E-state index contributed by atoms with van der Waals surface area (Å²) in [6.07, 6.45) is 3.54. The Morgan fingerprint density at radius 3 is 2.50 bits per heavy atom. The second-order valence-corrected chi connectivity index (χ2v) is 8.37. The number of carbonyl (C=O) groups is 1. The molecule has 0 saturated heterocycles. The molecule has 0 fully saturated rings. The number of hydrogen-bond donors (Lipinski definition) is 1. The highest BCUT2D eigenvalue weighted by atomic mass is 35.5. The fourth-order valence-electron chi connectivity index (χ4n) is 3.20. The van der Waals surface area contributed by atoms with Gasteiger partial charge in [0.2, 0.25) is 0 Å². The van der Waals surface area contributed by atoms with Crippen LogP contribution in [0.25, 0.3) is 0 Å². The standard InChI is InChI=1S/C23H25Cl2N3O2/c1-14(2)18-12-19(25)15(3)11-20(18)30-13-21(29)27-22(23-26-9-10-28(23)4)16-5-7-17(24)8-6-16/h5-12,14,22H,13H2,1-4H3,(H,27,29). The zero-order chi connectivity index (χ0) is 21.8. The number of carbonyl (C=O) groups excluding carboxylic acids is 1. The van der Waals surface area contributed by atoms with E-state index in [1.54, 1.807) is 18.3 Å². The molecule has 1 atom stereocenters. The first-order chi connectivity index (χ1) is 14.3. The molecule has 0 saturated carbocycles. The summed E-state index contributed by atoms with van der Waals surface area (Å²) in [6.45, 7) is 5.92. The van der Waals surface area contributed by atoms with Gasteiger partial charge in [-0.3, -0.25) is 4.79 Å². The number of amides is 1. The van der Waals surface area contributed by atoms with Gasteiger partial charge in [-0.05, 0) is 53.8 Å². The molecule has 1 aromatic heterocycles. The minimum atomic E-state index is -0.421. The number of nitrogens with one attached hydrogen (secondary N) is 1. The molecule has 5 nitrogen and oxygen atoms in total. The van der Waals surface area contributed by atoms with Gasteiger partial charge < -0.3 is 14.6 Å². The summed E-state index contributed by atoms with van der Waals surface area (Å²) in [5.74, 6) is 1.36. The third kappa shape index (κ3) is 5.15. The van der Waals surface area contributed by atoms with Gasteiger partial charge in [0.05, 0.1) is 0 Å². The van der Waals surface area contributed by atoms with Crippen molar-refractivity contribution in [1.82, 2.24) is 14.9 Å². The first-order valence-electron chi connectivity index (χ1n) is 9.71. The van der Waals surface area contributed by atoms with Crippen molar-refractivity contribution in [3.8, 4) is 5.75 Å². The van der Waals surface area contributed by atoms with Gasteiger partial charge in [-0.1, -0.05) is 49.2 Å². The topological polar surface area (TPSA) is 56.1 Å². The number of ether oxygens (including phenoxy) is 1. The van der Waals surface area contributed by atoms with E-state index in [9.17, 15) is 4.79 Å². The lowest BCUT2D eigenvalue weighted by Crippen LogP contribution is -2.34. The highest BCUT2D eigenvalue weighted by molar-refractivity contribution is 6.31. The highest BCUT2D eigenvalue weighted by Gasteiger charge is 2.21. The lowest BCUT2D eigenvalue weighted by Gasteiger charge is -2.20. The fraction of sp³-hybridized carbons (Fsp3) is 0.304. The summed E-state index contributed by atoms with van der Waals surface area (Å²) in [5.41, 5.74) is 2.76. The Labute approximate surface area is 187 Å². The van der Waals surface area contributed by atoms with Gasteiger partial charge in [0.25, 0.3) is 5.91 Å². The number of imidazole rings is 1. The molecule has 158 valence electrons. The van der Waals surface area contributed by atoms with E-state index in [2.05, 4.69) is 24.1 Å². The minimum Gasteiger partial charge on any atom is -0.483 e. The average Bonchev–Trinajstić information content (AvgIpc) is 3.13. The van der Waals surface area contributed by atoms with Gasteiger partial charge in [-0.25, -0.2) is 4.98 Å². The van der Waals surface area contributed by atoms with Crippen LogP contribution in [0.5, 0.6) is 5.75 Å². The van der Waals surface area contributed by atoms with E-state index in [1.807, 2.05) is 49.0 Å². The third-order valence-corrected chi connectivity index (χ3v) is 5.56. The molecule has 0 radical (unpaired) electrons. The van der Waals surface area contributed by atoms with Crippen molar-refractivity contribution < 1.29 is 9.53 Å². The maximum Gasteiger partial charge on any atom is 0.258 e. The van der Waals surface area contributed by atoms with Crippen LogP contribution in [0.3, 0.4) is 0 Å². The van der Waals surface area contributed by atoms with E-state index in [0.29, 0.717) is 15.8 Å². The number of rotatable bonds is 7. The molecular formula is C23H25Cl2N3O2. The van der Waals surface area contributed by atoms with Crippen molar-refractivity contribution in [2.75, 3.05) is 6.61 Å². The second-order valence-electron chi connectivity index (χ2n) is 7.53. The molecule has 0 aliphatic carbocycles. The monoisotopic (exact) mass is 445 g/mol. The molecule has 30 heavy (non-hydrogen) atoms. The number of aromatic nitrogens is 2. The number of nitrogens with zero attached hydrogens (tertiary/aromatic N) is 2. The lowest BCUT2D eigenvalue weighted by molar-refractivity contribution is -0.123. The maximum absolute atomic E-state index is 12.8. The summed E-state index contributed by atoms with van der Waals surface area (Å²) in [5, 5.41) is 4.34. The molecule has 1 unspecified atom stereocenters. The fourth-order valence-corrected chi connectivity index (χ4v) is 3.50. The summed E-state index contributed by atoms with van der Waals surface area (Å²) in [4.78, 5) is 17.2. The predicted molar refractivity (Wildman–Crippen MR) is 120 cm³/mol. The van der Waals surface area contributed by atoms with Crippen molar-refractivity contribution in [3.63, 3.8) is 0 Å². The van der Waals surface area contributed by atoms with Crippen molar-refractivity contribution in [3.05, 3.63) is 81.4 Å². The number of halogens is 2. The van der Waals surface area contributed by atoms with Crippen LogP contribution in [0.4, 0.5) is 0 Å². The van der Waals surface area contributed by atoms with Gasteiger partial charge in [0, 0.05) is 29.5 Å². The van der Waals surface area contributed by atoms with E-state index < -0.39 is 6.04 Å². The number of benzene rings is 2.